The van der Waals surface area contributed by atoms with Crippen LogP contribution in [0.5, 0.6) is 5.75 Å². The third-order valence-electron chi connectivity index (χ3n) is 4.90. The van der Waals surface area contributed by atoms with E-state index in [0.29, 0.717) is 18.4 Å². The minimum atomic E-state index is -0.868. The molecular weight excluding hydrogens is 328 g/mol. The van der Waals surface area contributed by atoms with Gasteiger partial charge in [0.1, 0.15) is 11.9 Å². The van der Waals surface area contributed by atoms with E-state index in [2.05, 4.69) is 19.9 Å². The fourth-order valence-corrected chi connectivity index (χ4v) is 3.25. The summed E-state index contributed by atoms with van der Waals surface area (Å²) >= 11 is 0. The number of esters is 1. The van der Waals surface area contributed by atoms with Gasteiger partial charge in [0.15, 0.2) is 0 Å². The van der Waals surface area contributed by atoms with E-state index in [1.807, 2.05) is 26.0 Å². The van der Waals surface area contributed by atoms with Gasteiger partial charge in [-0.2, -0.15) is 0 Å². The Balaban J connectivity index is 2.28. The molecule has 2 unspecified atom stereocenters. The Labute approximate surface area is 156 Å². The molecule has 3 atom stereocenters. The number of rotatable bonds is 3. The van der Waals surface area contributed by atoms with Crippen LogP contribution in [0, 0.1) is 11.8 Å². The molecule has 0 heterocycles. The normalized spacial score (nSPS) is 27.1. The number of benzene rings is 1. The second-order valence-corrected chi connectivity index (χ2v) is 7.82. The summed E-state index contributed by atoms with van der Waals surface area (Å²) in [6, 6.07) is 6.08. The van der Waals surface area contributed by atoms with Crippen LogP contribution in [0.3, 0.4) is 0 Å². The summed E-state index contributed by atoms with van der Waals surface area (Å²) in [5.74, 6) is -0.0224. The molecule has 4 heteroatoms. The Morgan fingerprint density at radius 2 is 1.92 bits per heavy atom. The topological polar surface area (TPSA) is 66.8 Å². The molecule has 1 aliphatic carbocycles. The number of carbonyl (C=O) groups excluding carboxylic acids is 1. The average molecular weight is 358 g/mol. The molecule has 1 aromatic carbocycles. The number of aromatic hydroxyl groups is 1. The standard InChI is InChI=1S/C22H30O4/c1-15(2)19-11-13-22(4,25)12-5-6-16(3)14-20(19)26-21(24)17-7-9-18(23)10-8-17/h6-11,13,15,19-20,23,25H,5,12,14H2,1-4H3/t19?,20-,22?/m0/s1. The summed E-state index contributed by atoms with van der Waals surface area (Å²) in [6.07, 6.45) is 7.77. The van der Waals surface area contributed by atoms with Crippen molar-refractivity contribution >= 4 is 5.97 Å². The fourth-order valence-electron chi connectivity index (χ4n) is 3.25. The van der Waals surface area contributed by atoms with Crippen molar-refractivity contribution in [2.75, 3.05) is 0 Å². The van der Waals surface area contributed by atoms with Gasteiger partial charge in [-0.05, 0) is 56.9 Å². The zero-order valence-corrected chi connectivity index (χ0v) is 16.1. The van der Waals surface area contributed by atoms with Crippen LogP contribution in [-0.4, -0.2) is 27.9 Å². The summed E-state index contributed by atoms with van der Waals surface area (Å²) < 4.78 is 5.87. The molecule has 0 aromatic heterocycles. The van der Waals surface area contributed by atoms with Gasteiger partial charge in [0.25, 0.3) is 0 Å². The first kappa shape index (κ1) is 20.2. The zero-order chi connectivity index (χ0) is 19.3. The lowest BCUT2D eigenvalue weighted by atomic mass is 9.83. The highest BCUT2D eigenvalue weighted by molar-refractivity contribution is 5.89. The van der Waals surface area contributed by atoms with Crippen LogP contribution in [0.4, 0.5) is 0 Å². The van der Waals surface area contributed by atoms with E-state index in [-0.39, 0.29) is 23.7 Å². The lowest BCUT2D eigenvalue weighted by Crippen LogP contribution is -2.31. The lowest BCUT2D eigenvalue weighted by Gasteiger charge is -2.30. The van der Waals surface area contributed by atoms with Crippen LogP contribution in [0.15, 0.2) is 48.1 Å². The van der Waals surface area contributed by atoms with E-state index < -0.39 is 11.6 Å². The molecule has 0 radical (unpaired) electrons. The van der Waals surface area contributed by atoms with Gasteiger partial charge in [-0.15, -0.1) is 0 Å². The van der Waals surface area contributed by atoms with Crippen molar-refractivity contribution in [1.82, 2.24) is 0 Å². The quantitative estimate of drug-likeness (QED) is 0.611. The molecule has 0 aliphatic heterocycles. The molecule has 2 N–H and O–H groups in total. The Kier molecular flexibility index (Phi) is 6.65. The molecule has 0 saturated carbocycles. The number of phenolic OH excluding ortho intramolecular Hbond substituents is 1. The number of allylic oxidation sites excluding steroid dienone is 1. The van der Waals surface area contributed by atoms with E-state index >= 15 is 0 Å². The maximum atomic E-state index is 12.6. The first-order chi connectivity index (χ1) is 12.2. The monoisotopic (exact) mass is 358 g/mol. The predicted molar refractivity (Wildman–Crippen MR) is 103 cm³/mol. The molecular formula is C22H30O4. The summed E-state index contributed by atoms with van der Waals surface area (Å²) in [7, 11) is 0. The van der Waals surface area contributed by atoms with Crippen molar-refractivity contribution in [3.63, 3.8) is 0 Å². The minimum absolute atomic E-state index is 0.00369. The van der Waals surface area contributed by atoms with Gasteiger partial charge in [-0.3, -0.25) is 0 Å². The molecule has 4 nitrogen and oxygen atoms in total. The van der Waals surface area contributed by atoms with E-state index in [9.17, 15) is 15.0 Å². The van der Waals surface area contributed by atoms with Crippen LogP contribution in [0.25, 0.3) is 0 Å². The lowest BCUT2D eigenvalue weighted by molar-refractivity contribution is 0.0139. The van der Waals surface area contributed by atoms with Gasteiger partial charge in [-0.25, -0.2) is 4.79 Å². The molecule has 1 aromatic rings. The highest BCUT2D eigenvalue weighted by Gasteiger charge is 2.29. The summed E-state index contributed by atoms with van der Waals surface area (Å²) in [6.45, 7) is 8.04. The van der Waals surface area contributed by atoms with Crippen molar-refractivity contribution in [1.29, 1.82) is 0 Å². The number of aliphatic hydroxyl groups is 1. The molecule has 142 valence electrons. The maximum absolute atomic E-state index is 12.6. The van der Waals surface area contributed by atoms with Crippen molar-refractivity contribution in [2.24, 2.45) is 11.8 Å². The van der Waals surface area contributed by atoms with Crippen molar-refractivity contribution in [3.8, 4) is 5.75 Å². The van der Waals surface area contributed by atoms with Gasteiger partial charge in [0.05, 0.1) is 11.2 Å². The van der Waals surface area contributed by atoms with E-state index in [4.69, 9.17) is 4.74 Å². The Morgan fingerprint density at radius 3 is 2.54 bits per heavy atom. The number of phenols is 1. The molecule has 26 heavy (non-hydrogen) atoms. The SMILES string of the molecule is CC1=CCCC(C)(O)C=CC(C(C)C)[C@@H](OC(=O)c2ccc(O)cc2)C1. The van der Waals surface area contributed by atoms with Gasteiger partial charge >= 0.3 is 5.97 Å². The van der Waals surface area contributed by atoms with Crippen LogP contribution in [0.1, 0.15) is 57.3 Å². The van der Waals surface area contributed by atoms with Crippen LogP contribution < -0.4 is 0 Å². The van der Waals surface area contributed by atoms with Crippen molar-refractivity contribution < 1.29 is 19.7 Å². The smallest absolute Gasteiger partial charge is 0.338 e. The first-order valence-corrected chi connectivity index (χ1v) is 9.25. The van der Waals surface area contributed by atoms with E-state index in [1.54, 1.807) is 12.1 Å². The second kappa shape index (κ2) is 8.54. The second-order valence-electron chi connectivity index (χ2n) is 7.82. The average Bonchev–Trinajstić information content (AvgIpc) is 2.54. The van der Waals surface area contributed by atoms with Gasteiger partial charge in [-0.1, -0.05) is 37.6 Å². The minimum Gasteiger partial charge on any atom is -0.508 e. The third-order valence-corrected chi connectivity index (χ3v) is 4.90. The molecule has 0 saturated heterocycles. The highest BCUT2D eigenvalue weighted by atomic mass is 16.5. The first-order valence-electron chi connectivity index (χ1n) is 9.25. The summed E-state index contributed by atoms with van der Waals surface area (Å²) in [5.41, 5.74) is 0.706. The molecule has 0 spiro atoms. The molecule has 0 bridgehead atoms. The molecule has 1 aliphatic rings. The Morgan fingerprint density at radius 1 is 1.27 bits per heavy atom. The molecule has 0 fully saturated rings. The summed E-state index contributed by atoms with van der Waals surface area (Å²) in [4.78, 5) is 12.6. The number of ether oxygens (including phenoxy) is 1. The van der Waals surface area contributed by atoms with Crippen molar-refractivity contribution in [2.45, 2.75) is 58.7 Å². The van der Waals surface area contributed by atoms with Gasteiger partial charge < -0.3 is 14.9 Å². The van der Waals surface area contributed by atoms with Crippen LogP contribution >= 0.6 is 0 Å². The highest BCUT2D eigenvalue weighted by Crippen LogP contribution is 2.29. The zero-order valence-electron chi connectivity index (χ0n) is 16.1. The maximum Gasteiger partial charge on any atom is 0.338 e. The molecule has 0 amide bonds. The molecule has 2 rings (SSSR count). The van der Waals surface area contributed by atoms with Crippen molar-refractivity contribution in [3.05, 3.63) is 53.6 Å². The Bertz CT molecular complexity index is 668. The van der Waals surface area contributed by atoms with E-state index in [0.717, 1.165) is 12.0 Å². The number of carbonyl (C=O) groups is 1. The largest absolute Gasteiger partial charge is 0.508 e. The third kappa shape index (κ3) is 5.73. The van der Waals surface area contributed by atoms with Crippen LogP contribution in [0.2, 0.25) is 0 Å². The van der Waals surface area contributed by atoms with E-state index in [1.165, 1.54) is 12.1 Å². The van der Waals surface area contributed by atoms with Gasteiger partial charge in [0, 0.05) is 12.3 Å². The number of hydrogen-bond donors (Lipinski definition) is 2. The Hall–Kier alpha value is -2.07. The fraction of sp³-hybridized carbons (Fsp3) is 0.500. The predicted octanol–water partition coefficient (Wildman–Crippen LogP) is 4.63. The van der Waals surface area contributed by atoms with Crippen LogP contribution in [-0.2, 0) is 4.74 Å². The number of hydrogen-bond acceptors (Lipinski definition) is 4. The van der Waals surface area contributed by atoms with Gasteiger partial charge in [0.2, 0.25) is 0 Å². The summed E-state index contributed by atoms with van der Waals surface area (Å²) in [5, 5.41) is 19.9.